The molecule has 0 aromatic heterocycles. The van der Waals surface area contributed by atoms with Crippen molar-refractivity contribution in [2.24, 2.45) is 11.7 Å². The first kappa shape index (κ1) is 9.22. The summed E-state index contributed by atoms with van der Waals surface area (Å²) >= 11 is 0. The first-order valence-electron chi connectivity index (χ1n) is 5.70. The normalized spacial score (nSPS) is 32.3. The van der Waals surface area contributed by atoms with Crippen LogP contribution < -0.4 is 10.5 Å². The third kappa shape index (κ3) is 1.21. The van der Waals surface area contributed by atoms with Crippen molar-refractivity contribution in [3.05, 3.63) is 29.3 Å². The van der Waals surface area contributed by atoms with Gasteiger partial charge in [0, 0.05) is 11.0 Å². The molecule has 2 unspecified atom stereocenters. The van der Waals surface area contributed by atoms with Gasteiger partial charge in [0.2, 0.25) is 0 Å². The lowest BCUT2D eigenvalue weighted by Crippen LogP contribution is -2.24. The second-order valence-electron chi connectivity index (χ2n) is 4.89. The van der Waals surface area contributed by atoms with E-state index in [-0.39, 0.29) is 0 Å². The average molecular weight is 203 g/mol. The average Bonchev–Trinajstić information content (AvgIpc) is 2.94. The first-order chi connectivity index (χ1) is 7.26. The summed E-state index contributed by atoms with van der Waals surface area (Å²) in [7, 11) is 0. The molecule has 1 spiro atoms. The van der Waals surface area contributed by atoms with Crippen molar-refractivity contribution in [3.63, 3.8) is 0 Å². The summed E-state index contributed by atoms with van der Waals surface area (Å²) in [4.78, 5) is 0. The molecule has 1 aromatic rings. The zero-order valence-corrected chi connectivity index (χ0v) is 9.12. The second-order valence-corrected chi connectivity index (χ2v) is 4.89. The summed E-state index contributed by atoms with van der Waals surface area (Å²) < 4.78 is 5.71. The fraction of sp³-hybridized carbons (Fsp3) is 0.538. The van der Waals surface area contributed by atoms with E-state index >= 15 is 0 Å². The largest absolute Gasteiger partial charge is 0.493 e. The molecular weight excluding hydrogens is 186 g/mol. The van der Waals surface area contributed by atoms with Crippen LogP contribution in [0.4, 0.5) is 0 Å². The lowest BCUT2D eigenvalue weighted by atomic mass is 9.86. The predicted octanol–water partition coefficient (Wildman–Crippen LogP) is 1.99. The van der Waals surface area contributed by atoms with Crippen molar-refractivity contribution in [3.8, 4) is 5.75 Å². The van der Waals surface area contributed by atoms with E-state index in [1.807, 2.05) is 0 Å². The van der Waals surface area contributed by atoms with Crippen LogP contribution in [0.15, 0.2) is 18.2 Å². The Labute approximate surface area is 90.4 Å². The monoisotopic (exact) mass is 203 g/mol. The van der Waals surface area contributed by atoms with Gasteiger partial charge in [0.1, 0.15) is 5.75 Å². The van der Waals surface area contributed by atoms with Gasteiger partial charge in [0.05, 0.1) is 6.61 Å². The van der Waals surface area contributed by atoms with Gasteiger partial charge >= 0.3 is 0 Å². The predicted molar refractivity (Wildman–Crippen MR) is 60.1 cm³/mol. The number of hydrogen-bond donors (Lipinski definition) is 1. The van der Waals surface area contributed by atoms with Crippen molar-refractivity contribution in [1.29, 1.82) is 0 Å². The maximum atomic E-state index is 5.79. The van der Waals surface area contributed by atoms with Crippen molar-refractivity contribution in [2.75, 3.05) is 13.2 Å². The molecule has 2 N–H and O–H groups in total. The minimum absolute atomic E-state index is 0.369. The Morgan fingerprint density at radius 1 is 1.53 bits per heavy atom. The summed E-state index contributed by atoms with van der Waals surface area (Å²) in [6.07, 6.45) is 2.40. The molecule has 2 atom stereocenters. The topological polar surface area (TPSA) is 35.2 Å². The molecule has 1 aromatic carbocycles. The summed E-state index contributed by atoms with van der Waals surface area (Å²) in [5.74, 6) is 1.77. The minimum atomic E-state index is 0.369. The third-order valence-electron chi connectivity index (χ3n) is 3.99. The Morgan fingerprint density at radius 3 is 3.13 bits per heavy atom. The van der Waals surface area contributed by atoms with E-state index in [4.69, 9.17) is 10.5 Å². The van der Waals surface area contributed by atoms with Gasteiger partial charge in [-0.25, -0.2) is 0 Å². The van der Waals surface area contributed by atoms with Crippen molar-refractivity contribution in [1.82, 2.24) is 0 Å². The van der Waals surface area contributed by atoms with E-state index in [1.165, 1.54) is 17.5 Å². The minimum Gasteiger partial charge on any atom is -0.493 e. The number of nitrogens with two attached hydrogens (primary N) is 1. The van der Waals surface area contributed by atoms with E-state index in [1.54, 1.807) is 0 Å². The maximum Gasteiger partial charge on any atom is 0.123 e. The van der Waals surface area contributed by atoms with Gasteiger partial charge in [-0.3, -0.25) is 0 Å². The van der Waals surface area contributed by atoms with Crippen molar-refractivity contribution >= 4 is 0 Å². The molecule has 1 aliphatic heterocycles. The van der Waals surface area contributed by atoms with Crippen molar-refractivity contribution in [2.45, 2.75) is 25.2 Å². The van der Waals surface area contributed by atoms with E-state index in [0.29, 0.717) is 11.3 Å². The smallest absolute Gasteiger partial charge is 0.123 e. The molecule has 2 heteroatoms. The molecule has 1 heterocycles. The van der Waals surface area contributed by atoms with Gasteiger partial charge in [-0.15, -0.1) is 0 Å². The van der Waals surface area contributed by atoms with E-state index in [9.17, 15) is 0 Å². The highest BCUT2D eigenvalue weighted by atomic mass is 16.5. The summed E-state index contributed by atoms with van der Waals surface area (Å²) in [6, 6.07) is 6.51. The molecule has 2 aliphatic rings. The van der Waals surface area contributed by atoms with Gasteiger partial charge in [0.15, 0.2) is 0 Å². The quantitative estimate of drug-likeness (QED) is 0.757. The molecule has 1 aliphatic carbocycles. The van der Waals surface area contributed by atoms with Gasteiger partial charge in [0.25, 0.3) is 0 Å². The maximum absolute atomic E-state index is 5.79. The van der Waals surface area contributed by atoms with E-state index in [0.717, 1.165) is 25.3 Å². The van der Waals surface area contributed by atoms with Crippen LogP contribution in [0.1, 0.15) is 24.0 Å². The number of rotatable bonds is 1. The molecule has 1 fully saturated rings. The Balaban J connectivity index is 2.07. The fourth-order valence-corrected chi connectivity index (χ4v) is 2.96. The Kier molecular flexibility index (Phi) is 1.84. The molecule has 0 bridgehead atoms. The Hall–Kier alpha value is -1.02. The molecule has 80 valence electrons. The fourth-order valence-electron chi connectivity index (χ4n) is 2.96. The lowest BCUT2D eigenvalue weighted by Gasteiger charge is -2.27. The van der Waals surface area contributed by atoms with Crippen molar-refractivity contribution < 1.29 is 4.74 Å². The molecule has 0 radical (unpaired) electrons. The zero-order valence-electron chi connectivity index (χ0n) is 9.12. The number of benzene rings is 1. The van der Waals surface area contributed by atoms with Crippen LogP contribution in [0.25, 0.3) is 0 Å². The van der Waals surface area contributed by atoms with Crippen LogP contribution in [0.3, 0.4) is 0 Å². The highest BCUT2D eigenvalue weighted by Gasteiger charge is 2.56. The number of hydrogen-bond acceptors (Lipinski definition) is 2. The third-order valence-corrected chi connectivity index (χ3v) is 3.99. The molecular formula is C13H17NO. The van der Waals surface area contributed by atoms with Crippen LogP contribution in [-0.4, -0.2) is 13.2 Å². The van der Waals surface area contributed by atoms with Gasteiger partial charge in [-0.2, -0.15) is 0 Å². The van der Waals surface area contributed by atoms with Gasteiger partial charge in [-0.05, 0) is 38.3 Å². The lowest BCUT2D eigenvalue weighted by molar-refractivity contribution is 0.254. The SMILES string of the molecule is Cc1ccc2c(c1)C1(CCO2)CC1CN. The van der Waals surface area contributed by atoms with Gasteiger partial charge < -0.3 is 10.5 Å². The first-order valence-corrected chi connectivity index (χ1v) is 5.70. The highest BCUT2D eigenvalue weighted by Crippen LogP contribution is 2.60. The van der Waals surface area contributed by atoms with Crippen LogP contribution in [0, 0.1) is 12.8 Å². The van der Waals surface area contributed by atoms with Crippen LogP contribution >= 0.6 is 0 Å². The molecule has 0 saturated heterocycles. The highest BCUT2D eigenvalue weighted by molar-refractivity contribution is 5.48. The molecule has 15 heavy (non-hydrogen) atoms. The summed E-state index contributed by atoms with van der Waals surface area (Å²) in [5.41, 5.74) is 8.89. The number of fused-ring (bicyclic) bond motifs is 2. The Morgan fingerprint density at radius 2 is 2.40 bits per heavy atom. The number of ether oxygens (including phenoxy) is 1. The molecule has 2 nitrogen and oxygen atoms in total. The number of aryl methyl sites for hydroxylation is 1. The Bertz CT molecular complexity index is 402. The van der Waals surface area contributed by atoms with Crippen LogP contribution in [0.2, 0.25) is 0 Å². The molecule has 1 saturated carbocycles. The van der Waals surface area contributed by atoms with Crippen LogP contribution in [-0.2, 0) is 5.41 Å². The second kappa shape index (κ2) is 2.99. The van der Waals surface area contributed by atoms with Gasteiger partial charge in [-0.1, -0.05) is 17.7 Å². The zero-order chi connectivity index (χ0) is 10.5. The van der Waals surface area contributed by atoms with E-state index < -0.39 is 0 Å². The molecule has 3 rings (SSSR count). The van der Waals surface area contributed by atoms with Crippen LogP contribution in [0.5, 0.6) is 5.75 Å². The van der Waals surface area contributed by atoms with E-state index in [2.05, 4.69) is 25.1 Å². The molecule has 0 amide bonds. The summed E-state index contributed by atoms with van der Waals surface area (Å²) in [6.45, 7) is 3.81. The standard InChI is InChI=1S/C13H17NO/c1-9-2-3-12-11(6-9)13(4-5-15-12)7-10(13)8-14/h2-3,6,10H,4-5,7-8,14H2,1H3. The summed E-state index contributed by atoms with van der Waals surface area (Å²) in [5, 5.41) is 0.